The SMILES string of the molecule is C=CCSCC(=O)N1CCCCCC1. The second kappa shape index (κ2) is 6.93. The molecule has 1 aliphatic heterocycles. The maximum Gasteiger partial charge on any atom is 0.232 e. The smallest absolute Gasteiger partial charge is 0.232 e. The van der Waals surface area contributed by atoms with Gasteiger partial charge in [0.05, 0.1) is 5.75 Å². The molecule has 0 bridgehead atoms. The highest BCUT2D eigenvalue weighted by atomic mass is 32.2. The Morgan fingerprint density at radius 2 is 1.93 bits per heavy atom. The van der Waals surface area contributed by atoms with Crippen LogP contribution in [0.25, 0.3) is 0 Å². The molecule has 2 nitrogen and oxygen atoms in total. The summed E-state index contributed by atoms with van der Waals surface area (Å²) >= 11 is 1.65. The minimum absolute atomic E-state index is 0.304. The van der Waals surface area contributed by atoms with Gasteiger partial charge in [-0.2, -0.15) is 0 Å². The van der Waals surface area contributed by atoms with E-state index in [2.05, 4.69) is 6.58 Å². The van der Waals surface area contributed by atoms with Crippen LogP contribution in [0.15, 0.2) is 12.7 Å². The molecule has 1 aliphatic rings. The van der Waals surface area contributed by atoms with Crippen LogP contribution in [-0.2, 0) is 4.79 Å². The van der Waals surface area contributed by atoms with Gasteiger partial charge in [0, 0.05) is 18.8 Å². The first-order valence-electron chi connectivity index (χ1n) is 5.31. The summed E-state index contributed by atoms with van der Waals surface area (Å²) in [4.78, 5) is 13.7. The molecule has 0 aliphatic carbocycles. The zero-order valence-corrected chi connectivity index (χ0v) is 9.52. The van der Waals surface area contributed by atoms with Gasteiger partial charge in [0.15, 0.2) is 0 Å². The number of thioether (sulfide) groups is 1. The predicted octanol–water partition coefficient (Wildman–Crippen LogP) is 2.31. The Balaban J connectivity index is 2.23. The highest BCUT2D eigenvalue weighted by Crippen LogP contribution is 2.11. The average molecular weight is 213 g/mol. The van der Waals surface area contributed by atoms with Crippen molar-refractivity contribution in [3.8, 4) is 0 Å². The van der Waals surface area contributed by atoms with Gasteiger partial charge in [-0.15, -0.1) is 18.3 Å². The van der Waals surface area contributed by atoms with Crippen molar-refractivity contribution in [2.45, 2.75) is 25.7 Å². The minimum atomic E-state index is 0.304. The Bertz CT molecular complexity index is 186. The number of hydrogen-bond donors (Lipinski definition) is 0. The summed E-state index contributed by atoms with van der Waals surface area (Å²) in [5.41, 5.74) is 0. The summed E-state index contributed by atoms with van der Waals surface area (Å²) < 4.78 is 0. The second-order valence-corrected chi connectivity index (χ2v) is 4.63. The molecule has 1 saturated heterocycles. The van der Waals surface area contributed by atoms with Crippen LogP contribution in [0.5, 0.6) is 0 Å². The quantitative estimate of drug-likeness (QED) is 0.527. The van der Waals surface area contributed by atoms with E-state index in [1.807, 2.05) is 11.0 Å². The van der Waals surface area contributed by atoms with Crippen LogP contribution in [0, 0.1) is 0 Å². The number of carbonyl (C=O) groups is 1. The van der Waals surface area contributed by atoms with Gasteiger partial charge >= 0.3 is 0 Å². The third-order valence-corrected chi connectivity index (χ3v) is 3.34. The zero-order chi connectivity index (χ0) is 10.2. The lowest BCUT2D eigenvalue weighted by Crippen LogP contribution is -2.33. The van der Waals surface area contributed by atoms with Crippen molar-refractivity contribution in [3.05, 3.63) is 12.7 Å². The predicted molar refractivity (Wildman–Crippen MR) is 62.6 cm³/mol. The highest BCUT2D eigenvalue weighted by Gasteiger charge is 2.14. The summed E-state index contributed by atoms with van der Waals surface area (Å²) in [5.74, 6) is 1.80. The first kappa shape index (κ1) is 11.6. The molecule has 1 fully saturated rings. The highest BCUT2D eigenvalue weighted by molar-refractivity contribution is 8.00. The van der Waals surface area contributed by atoms with E-state index in [9.17, 15) is 4.79 Å². The molecule has 1 rings (SSSR count). The van der Waals surface area contributed by atoms with Gasteiger partial charge in [0.2, 0.25) is 5.91 Å². The fraction of sp³-hybridized carbons (Fsp3) is 0.727. The van der Waals surface area contributed by atoms with Crippen molar-refractivity contribution >= 4 is 17.7 Å². The number of nitrogens with zero attached hydrogens (tertiary/aromatic N) is 1. The zero-order valence-electron chi connectivity index (χ0n) is 8.71. The van der Waals surface area contributed by atoms with Crippen LogP contribution in [0.3, 0.4) is 0 Å². The lowest BCUT2D eigenvalue weighted by Gasteiger charge is -2.19. The van der Waals surface area contributed by atoms with Crippen molar-refractivity contribution in [2.75, 3.05) is 24.6 Å². The van der Waals surface area contributed by atoms with E-state index in [1.54, 1.807) is 11.8 Å². The van der Waals surface area contributed by atoms with E-state index in [-0.39, 0.29) is 0 Å². The number of amides is 1. The molecule has 0 aromatic rings. The van der Waals surface area contributed by atoms with E-state index >= 15 is 0 Å². The number of hydrogen-bond acceptors (Lipinski definition) is 2. The Hall–Kier alpha value is -0.440. The molecule has 0 saturated carbocycles. The van der Waals surface area contributed by atoms with Crippen molar-refractivity contribution in [1.82, 2.24) is 4.90 Å². The van der Waals surface area contributed by atoms with Crippen molar-refractivity contribution in [2.24, 2.45) is 0 Å². The first-order valence-corrected chi connectivity index (χ1v) is 6.46. The van der Waals surface area contributed by atoms with Gasteiger partial charge in [-0.25, -0.2) is 0 Å². The van der Waals surface area contributed by atoms with Crippen molar-refractivity contribution in [3.63, 3.8) is 0 Å². The lowest BCUT2D eigenvalue weighted by atomic mass is 10.2. The maximum absolute atomic E-state index is 11.7. The average Bonchev–Trinajstić information content (AvgIpc) is 2.46. The fourth-order valence-corrected chi connectivity index (χ4v) is 2.28. The van der Waals surface area contributed by atoms with Gasteiger partial charge in [-0.3, -0.25) is 4.79 Å². The molecule has 1 amide bonds. The van der Waals surface area contributed by atoms with Crippen LogP contribution in [-0.4, -0.2) is 35.4 Å². The van der Waals surface area contributed by atoms with E-state index in [1.165, 1.54) is 25.7 Å². The normalized spacial score (nSPS) is 17.6. The molecule has 0 N–H and O–H groups in total. The molecule has 0 unspecified atom stereocenters. The van der Waals surface area contributed by atoms with Gasteiger partial charge in [0.1, 0.15) is 0 Å². The summed E-state index contributed by atoms with van der Waals surface area (Å²) in [7, 11) is 0. The molecule has 0 aromatic heterocycles. The maximum atomic E-state index is 11.7. The lowest BCUT2D eigenvalue weighted by molar-refractivity contribution is -0.128. The van der Waals surface area contributed by atoms with E-state index < -0.39 is 0 Å². The van der Waals surface area contributed by atoms with Gasteiger partial charge < -0.3 is 4.90 Å². The minimum Gasteiger partial charge on any atom is -0.342 e. The molecule has 80 valence electrons. The summed E-state index contributed by atoms with van der Waals surface area (Å²) in [6.07, 6.45) is 6.77. The van der Waals surface area contributed by atoms with Gasteiger partial charge in [0.25, 0.3) is 0 Å². The molecular formula is C11H19NOS. The van der Waals surface area contributed by atoms with Crippen LogP contribution in [0.1, 0.15) is 25.7 Å². The van der Waals surface area contributed by atoms with E-state index in [4.69, 9.17) is 0 Å². The Morgan fingerprint density at radius 3 is 2.50 bits per heavy atom. The largest absolute Gasteiger partial charge is 0.342 e. The Labute approximate surface area is 90.7 Å². The topological polar surface area (TPSA) is 20.3 Å². The van der Waals surface area contributed by atoms with E-state index in [0.29, 0.717) is 11.7 Å². The van der Waals surface area contributed by atoms with Gasteiger partial charge in [-0.1, -0.05) is 18.9 Å². The molecule has 1 heterocycles. The van der Waals surface area contributed by atoms with Crippen LogP contribution in [0.4, 0.5) is 0 Å². The Kier molecular flexibility index (Phi) is 5.76. The van der Waals surface area contributed by atoms with Crippen LogP contribution >= 0.6 is 11.8 Å². The number of rotatable bonds is 4. The van der Waals surface area contributed by atoms with Crippen molar-refractivity contribution in [1.29, 1.82) is 0 Å². The van der Waals surface area contributed by atoms with Crippen LogP contribution < -0.4 is 0 Å². The van der Waals surface area contributed by atoms with E-state index in [0.717, 1.165) is 18.8 Å². The number of likely N-dealkylation sites (tertiary alicyclic amines) is 1. The standard InChI is InChI=1S/C11H19NOS/c1-2-9-14-10-11(13)12-7-5-3-4-6-8-12/h2H,1,3-10H2. The molecule has 3 heteroatoms. The number of carbonyl (C=O) groups excluding carboxylic acids is 1. The monoisotopic (exact) mass is 213 g/mol. The second-order valence-electron chi connectivity index (χ2n) is 3.60. The fourth-order valence-electron chi connectivity index (χ4n) is 1.64. The summed E-state index contributed by atoms with van der Waals surface area (Å²) in [6.45, 7) is 5.57. The van der Waals surface area contributed by atoms with Crippen molar-refractivity contribution < 1.29 is 4.79 Å². The van der Waals surface area contributed by atoms with Crippen LogP contribution in [0.2, 0.25) is 0 Å². The third kappa shape index (κ3) is 4.18. The Morgan fingerprint density at radius 1 is 1.29 bits per heavy atom. The molecular weight excluding hydrogens is 194 g/mol. The molecule has 0 atom stereocenters. The molecule has 0 aromatic carbocycles. The molecule has 0 spiro atoms. The first-order chi connectivity index (χ1) is 6.84. The molecule has 14 heavy (non-hydrogen) atoms. The van der Waals surface area contributed by atoms with Gasteiger partial charge in [-0.05, 0) is 12.8 Å². The molecule has 0 radical (unpaired) electrons. The summed E-state index contributed by atoms with van der Waals surface area (Å²) in [5, 5.41) is 0. The summed E-state index contributed by atoms with van der Waals surface area (Å²) in [6, 6.07) is 0. The third-order valence-electron chi connectivity index (χ3n) is 2.42.